The molecule has 1 saturated heterocycles. The van der Waals surface area contributed by atoms with Gasteiger partial charge in [0, 0.05) is 25.2 Å². The Balaban J connectivity index is 1.84. The number of fused-ring (bicyclic) bond motifs is 5. The van der Waals surface area contributed by atoms with E-state index in [2.05, 4.69) is 20.8 Å². The zero-order valence-electron chi connectivity index (χ0n) is 28.3. The fourth-order valence-corrected chi connectivity index (χ4v) is 12.1. The maximum atomic E-state index is 15.1. The van der Waals surface area contributed by atoms with E-state index in [1.165, 1.54) is 6.92 Å². The normalized spacial score (nSPS) is 38.5. The minimum atomic E-state index is -2.42. The molecular formula is C35H50O10Si. The lowest BCUT2D eigenvalue weighted by Gasteiger charge is -2.68. The SMILES string of the molecule is CC[Si](CC)(CC)O[C@H]1C[C@H]2OC[C@@]2(OC(C)=O)[C@H]2[C@H](OC(=O)c3ccccc3)[C@]3(O)C[C@H](O)C(C)=C([C@@H](O)C(=O)[C@]12C)C3(C)C. The highest BCUT2D eigenvalue weighted by atomic mass is 28.4. The number of rotatable bonds is 8. The number of esters is 2. The van der Waals surface area contributed by atoms with Gasteiger partial charge in [-0.1, -0.05) is 52.8 Å². The fraction of sp³-hybridized carbons (Fsp3) is 0.686. The highest BCUT2D eigenvalue weighted by molar-refractivity contribution is 6.73. The predicted octanol–water partition coefficient (Wildman–Crippen LogP) is 4.11. The van der Waals surface area contributed by atoms with Crippen LogP contribution in [-0.4, -0.2) is 89.7 Å². The highest BCUT2D eigenvalue weighted by Gasteiger charge is 2.78. The van der Waals surface area contributed by atoms with Gasteiger partial charge in [-0.15, -0.1) is 0 Å². The molecule has 3 aliphatic carbocycles. The molecule has 254 valence electrons. The highest BCUT2D eigenvalue weighted by Crippen LogP contribution is 2.64. The Bertz CT molecular complexity index is 1400. The fourth-order valence-electron chi connectivity index (χ4n) is 9.11. The molecule has 9 atom stereocenters. The van der Waals surface area contributed by atoms with Crippen molar-refractivity contribution < 1.29 is 48.3 Å². The van der Waals surface area contributed by atoms with E-state index in [4.69, 9.17) is 18.6 Å². The minimum Gasteiger partial charge on any atom is -0.455 e. The topological polar surface area (TPSA) is 149 Å². The van der Waals surface area contributed by atoms with Gasteiger partial charge in [0.1, 0.15) is 23.9 Å². The van der Waals surface area contributed by atoms with Crippen LogP contribution in [0.2, 0.25) is 18.1 Å². The summed E-state index contributed by atoms with van der Waals surface area (Å²) in [6, 6.07) is 10.7. The van der Waals surface area contributed by atoms with E-state index in [1.807, 2.05) is 0 Å². The van der Waals surface area contributed by atoms with Crippen LogP contribution in [0, 0.1) is 16.7 Å². The first kappa shape index (κ1) is 34.9. The summed E-state index contributed by atoms with van der Waals surface area (Å²) < 4.78 is 25.7. The summed E-state index contributed by atoms with van der Waals surface area (Å²) in [6.45, 7) is 14.1. The standard InChI is InChI=1S/C35H50O10Si/c1-9-46(10-2,11-3)45-24-17-25-34(19-42-25,44-21(5)36)28-30(43-31(40)22-15-13-12-14-16-22)35(41)18-23(37)20(4)26(32(35,6)7)27(38)29(39)33(24,28)8/h12-16,23-25,27-28,30,37-38,41H,9-11,17-19H2,1-8H3/t23-,24-,25+,27+,28-,30-,33+,34-,35+/m0/s1. The van der Waals surface area contributed by atoms with E-state index < -0.39 is 84.5 Å². The van der Waals surface area contributed by atoms with Gasteiger partial charge in [-0.05, 0) is 55.3 Å². The largest absolute Gasteiger partial charge is 0.455 e. The number of Topliss-reactive ketones (excluding diaryl/α,β-unsaturated/α-hetero) is 1. The number of ether oxygens (including phenoxy) is 3. The first-order valence-corrected chi connectivity index (χ1v) is 19.1. The number of carbonyl (C=O) groups is 3. The first-order valence-electron chi connectivity index (χ1n) is 16.6. The van der Waals surface area contributed by atoms with Gasteiger partial charge in [0.2, 0.25) is 0 Å². The van der Waals surface area contributed by atoms with E-state index in [0.29, 0.717) is 5.57 Å². The molecule has 0 radical (unpaired) electrons. The third-order valence-electron chi connectivity index (χ3n) is 12.2. The molecule has 1 aliphatic heterocycles. The first-order chi connectivity index (χ1) is 21.5. The Morgan fingerprint density at radius 3 is 2.17 bits per heavy atom. The number of hydrogen-bond acceptors (Lipinski definition) is 10. The summed E-state index contributed by atoms with van der Waals surface area (Å²) in [6.07, 6.45) is -6.03. The molecule has 1 aromatic carbocycles. The monoisotopic (exact) mass is 658 g/mol. The summed E-state index contributed by atoms with van der Waals surface area (Å²) in [5.41, 5.74) is -5.70. The summed E-state index contributed by atoms with van der Waals surface area (Å²) >= 11 is 0. The van der Waals surface area contributed by atoms with Crippen molar-refractivity contribution in [3.8, 4) is 0 Å². The van der Waals surface area contributed by atoms with Gasteiger partial charge in [-0.25, -0.2) is 4.79 Å². The molecule has 11 heteroatoms. The van der Waals surface area contributed by atoms with Crippen LogP contribution < -0.4 is 0 Å². The Labute approximate surface area is 272 Å². The van der Waals surface area contributed by atoms with E-state index in [1.54, 1.807) is 58.0 Å². The lowest BCUT2D eigenvalue weighted by Crippen LogP contribution is -2.82. The van der Waals surface area contributed by atoms with Crippen molar-refractivity contribution in [2.45, 2.75) is 128 Å². The van der Waals surface area contributed by atoms with Crippen molar-refractivity contribution in [1.82, 2.24) is 0 Å². The zero-order valence-corrected chi connectivity index (χ0v) is 29.3. The molecule has 5 rings (SSSR count). The Hall–Kier alpha value is -2.41. The van der Waals surface area contributed by atoms with Crippen LogP contribution >= 0.6 is 0 Å². The second-order valence-corrected chi connectivity index (χ2v) is 19.2. The number of aliphatic hydroxyl groups is 3. The molecule has 2 bridgehead atoms. The van der Waals surface area contributed by atoms with Crippen molar-refractivity contribution in [2.75, 3.05) is 6.61 Å². The number of carbonyl (C=O) groups excluding carboxylic acids is 3. The summed E-state index contributed by atoms with van der Waals surface area (Å²) in [5.74, 6) is -3.16. The van der Waals surface area contributed by atoms with Crippen LogP contribution in [0.25, 0.3) is 0 Å². The number of benzene rings is 1. The second-order valence-electron chi connectivity index (χ2n) is 14.5. The average Bonchev–Trinajstić information content (AvgIpc) is 3.01. The van der Waals surface area contributed by atoms with Gasteiger partial charge < -0.3 is 34.0 Å². The summed E-state index contributed by atoms with van der Waals surface area (Å²) in [4.78, 5) is 41.9. The molecular weight excluding hydrogens is 608 g/mol. The number of hydrogen-bond donors (Lipinski definition) is 3. The molecule has 2 saturated carbocycles. The molecule has 3 fully saturated rings. The lowest BCUT2D eigenvalue weighted by atomic mass is 9.44. The van der Waals surface area contributed by atoms with Crippen molar-refractivity contribution in [1.29, 1.82) is 0 Å². The van der Waals surface area contributed by atoms with Crippen molar-refractivity contribution >= 4 is 26.0 Å². The second kappa shape index (κ2) is 11.9. The summed E-state index contributed by atoms with van der Waals surface area (Å²) in [5, 5.41) is 36.5. The quantitative estimate of drug-likeness (QED) is 0.212. The van der Waals surface area contributed by atoms with Gasteiger partial charge in [0.25, 0.3) is 0 Å². The van der Waals surface area contributed by atoms with Crippen LogP contribution in [0.1, 0.15) is 78.6 Å². The van der Waals surface area contributed by atoms with Gasteiger partial charge >= 0.3 is 11.9 Å². The van der Waals surface area contributed by atoms with Gasteiger partial charge in [0.05, 0.1) is 35.7 Å². The van der Waals surface area contributed by atoms with Crippen LogP contribution in [0.3, 0.4) is 0 Å². The molecule has 10 nitrogen and oxygen atoms in total. The third kappa shape index (κ3) is 4.87. The molecule has 46 heavy (non-hydrogen) atoms. The minimum absolute atomic E-state index is 0.105. The van der Waals surface area contributed by atoms with Gasteiger partial charge in [-0.3, -0.25) is 9.59 Å². The van der Waals surface area contributed by atoms with Crippen molar-refractivity contribution in [3.05, 3.63) is 47.0 Å². The Morgan fingerprint density at radius 2 is 1.65 bits per heavy atom. The van der Waals surface area contributed by atoms with Crippen molar-refractivity contribution in [2.24, 2.45) is 16.7 Å². The summed E-state index contributed by atoms with van der Waals surface area (Å²) in [7, 11) is -2.42. The molecule has 0 spiro atoms. The van der Waals surface area contributed by atoms with E-state index in [0.717, 1.165) is 18.1 Å². The van der Waals surface area contributed by atoms with Crippen LogP contribution in [-0.2, 0) is 28.2 Å². The maximum absolute atomic E-state index is 15.1. The van der Waals surface area contributed by atoms with Crippen LogP contribution in [0.4, 0.5) is 0 Å². The average molecular weight is 659 g/mol. The smallest absolute Gasteiger partial charge is 0.338 e. The third-order valence-corrected chi connectivity index (χ3v) is 16.9. The molecule has 0 aromatic heterocycles. The molecule has 1 aromatic rings. The molecule has 3 N–H and O–H groups in total. The van der Waals surface area contributed by atoms with Crippen molar-refractivity contribution in [3.63, 3.8) is 0 Å². The van der Waals surface area contributed by atoms with Crippen LogP contribution in [0.5, 0.6) is 0 Å². The molecule has 4 aliphatic rings. The van der Waals surface area contributed by atoms with Crippen LogP contribution in [0.15, 0.2) is 41.5 Å². The zero-order chi connectivity index (χ0) is 34.0. The molecule has 0 unspecified atom stereocenters. The van der Waals surface area contributed by atoms with E-state index >= 15 is 4.79 Å². The maximum Gasteiger partial charge on any atom is 0.338 e. The Kier molecular flexibility index (Phi) is 9.05. The predicted molar refractivity (Wildman–Crippen MR) is 171 cm³/mol. The van der Waals surface area contributed by atoms with E-state index in [-0.39, 0.29) is 30.6 Å². The Morgan fingerprint density at radius 1 is 1.04 bits per heavy atom. The van der Waals surface area contributed by atoms with Gasteiger partial charge in [0.15, 0.2) is 19.7 Å². The number of ketones is 1. The van der Waals surface area contributed by atoms with E-state index in [9.17, 15) is 24.9 Å². The molecule has 0 amide bonds. The number of aliphatic hydroxyl groups excluding tert-OH is 2. The molecule has 1 heterocycles. The van der Waals surface area contributed by atoms with Gasteiger partial charge in [-0.2, -0.15) is 0 Å². The lowest BCUT2D eigenvalue weighted by molar-refractivity contribution is -0.344.